The Balaban J connectivity index is 2.16. The summed E-state index contributed by atoms with van der Waals surface area (Å²) in [5.41, 5.74) is 8.71. The second-order valence-electron chi connectivity index (χ2n) is 4.03. The summed E-state index contributed by atoms with van der Waals surface area (Å²) in [7, 11) is 0. The fourth-order valence-corrected chi connectivity index (χ4v) is 2.48. The third kappa shape index (κ3) is 4.03. The standard InChI is InChI=1S/C14H12Br2N2S/c15-10-3-1-9(2-4-10)8-18-13-7-11(16)5-6-12(13)14(17)19/h1-7,18H,8H2,(H2,17,19). The lowest BCUT2D eigenvalue weighted by Crippen LogP contribution is -2.13. The molecule has 0 saturated carbocycles. The van der Waals surface area contributed by atoms with Crippen molar-refractivity contribution in [1.29, 1.82) is 0 Å². The number of hydrogen-bond acceptors (Lipinski definition) is 2. The van der Waals surface area contributed by atoms with Gasteiger partial charge in [0.15, 0.2) is 0 Å². The number of benzene rings is 2. The van der Waals surface area contributed by atoms with E-state index in [2.05, 4.69) is 49.3 Å². The lowest BCUT2D eigenvalue weighted by atomic mass is 10.1. The van der Waals surface area contributed by atoms with E-state index in [0.29, 0.717) is 4.99 Å². The quantitative estimate of drug-likeness (QED) is 0.745. The first kappa shape index (κ1) is 14.5. The Hall–Kier alpha value is -0.910. The number of rotatable bonds is 4. The second kappa shape index (κ2) is 6.50. The average molecular weight is 400 g/mol. The number of thiocarbonyl (C=S) groups is 1. The van der Waals surface area contributed by atoms with Crippen LogP contribution in [0.3, 0.4) is 0 Å². The van der Waals surface area contributed by atoms with Gasteiger partial charge in [-0.25, -0.2) is 0 Å². The Kier molecular flexibility index (Phi) is 4.96. The van der Waals surface area contributed by atoms with E-state index in [1.807, 2.05) is 30.3 Å². The van der Waals surface area contributed by atoms with E-state index in [9.17, 15) is 0 Å². The molecule has 0 aromatic heterocycles. The zero-order valence-corrected chi connectivity index (χ0v) is 14.0. The molecule has 0 aliphatic rings. The molecule has 0 bridgehead atoms. The van der Waals surface area contributed by atoms with Gasteiger partial charge in [-0.1, -0.05) is 56.2 Å². The molecule has 0 aliphatic heterocycles. The van der Waals surface area contributed by atoms with E-state index in [-0.39, 0.29) is 0 Å². The van der Waals surface area contributed by atoms with E-state index in [4.69, 9.17) is 18.0 Å². The summed E-state index contributed by atoms with van der Waals surface area (Å²) in [6, 6.07) is 14.0. The molecule has 2 nitrogen and oxygen atoms in total. The Bertz CT molecular complexity index is 597. The Morgan fingerprint density at radius 3 is 2.32 bits per heavy atom. The topological polar surface area (TPSA) is 38.0 Å². The van der Waals surface area contributed by atoms with Gasteiger partial charge in [0.1, 0.15) is 4.99 Å². The predicted molar refractivity (Wildman–Crippen MR) is 91.5 cm³/mol. The first-order valence-electron chi connectivity index (χ1n) is 5.64. The van der Waals surface area contributed by atoms with Crippen molar-refractivity contribution in [3.63, 3.8) is 0 Å². The highest BCUT2D eigenvalue weighted by Gasteiger charge is 2.05. The molecule has 0 aliphatic carbocycles. The number of anilines is 1. The average Bonchev–Trinajstić information content (AvgIpc) is 2.38. The maximum Gasteiger partial charge on any atom is 0.106 e. The van der Waals surface area contributed by atoms with Crippen molar-refractivity contribution in [2.24, 2.45) is 5.73 Å². The molecule has 0 amide bonds. The van der Waals surface area contributed by atoms with E-state index < -0.39 is 0 Å². The molecule has 19 heavy (non-hydrogen) atoms. The fraction of sp³-hybridized carbons (Fsp3) is 0.0714. The van der Waals surface area contributed by atoms with Crippen molar-refractivity contribution < 1.29 is 0 Å². The minimum Gasteiger partial charge on any atom is -0.389 e. The zero-order chi connectivity index (χ0) is 13.8. The molecule has 0 fully saturated rings. The fourth-order valence-electron chi connectivity index (χ4n) is 1.68. The van der Waals surface area contributed by atoms with Gasteiger partial charge in [0.05, 0.1) is 0 Å². The lowest BCUT2D eigenvalue weighted by Gasteiger charge is -2.12. The van der Waals surface area contributed by atoms with Crippen LogP contribution in [0, 0.1) is 0 Å². The normalized spacial score (nSPS) is 10.2. The summed E-state index contributed by atoms with van der Waals surface area (Å²) in [5.74, 6) is 0. The molecule has 0 unspecified atom stereocenters. The molecule has 2 rings (SSSR count). The SMILES string of the molecule is NC(=S)c1ccc(Br)cc1NCc1ccc(Br)cc1. The summed E-state index contributed by atoms with van der Waals surface area (Å²) in [4.78, 5) is 0.394. The minimum absolute atomic E-state index is 0.394. The monoisotopic (exact) mass is 398 g/mol. The molecular weight excluding hydrogens is 388 g/mol. The van der Waals surface area contributed by atoms with Crippen LogP contribution in [0.25, 0.3) is 0 Å². The first-order chi connectivity index (χ1) is 9.06. The number of nitrogens with one attached hydrogen (secondary N) is 1. The van der Waals surface area contributed by atoms with E-state index in [1.165, 1.54) is 5.56 Å². The number of nitrogens with two attached hydrogens (primary N) is 1. The van der Waals surface area contributed by atoms with Gasteiger partial charge in [-0.15, -0.1) is 0 Å². The number of halogens is 2. The Morgan fingerprint density at radius 2 is 1.68 bits per heavy atom. The van der Waals surface area contributed by atoms with Crippen LogP contribution < -0.4 is 11.1 Å². The van der Waals surface area contributed by atoms with Gasteiger partial charge in [-0.2, -0.15) is 0 Å². The predicted octanol–water partition coefficient (Wildman–Crippen LogP) is 4.46. The van der Waals surface area contributed by atoms with E-state index in [1.54, 1.807) is 0 Å². The highest BCUT2D eigenvalue weighted by Crippen LogP contribution is 2.22. The van der Waals surface area contributed by atoms with Crippen molar-refractivity contribution in [2.75, 3.05) is 5.32 Å². The van der Waals surface area contributed by atoms with Crippen molar-refractivity contribution in [1.82, 2.24) is 0 Å². The van der Waals surface area contributed by atoms with Crippen LogP contribution >= 0.6 is 44.1 Å². The van der Waals surface area contributed by atoms with Gasteiger partial charge in [-0.3, -0.25) is 0 Å². The van der Waals surface area contributed by atoms with Crippen molar-refractivity contribution in [3.8, 4) is 0 Å². The molecule has 2 aromatic rings. The Labute approximate surface area is 134 Å². The molecule has 0 saturated heterocycles. The van der Waals surface area contributed by atoms with Gasteiger partial charge in [0, 0.05) is 26.7 Å². The molecule has 98 valence electrons. The summed E-state index contributed by atoms with van der Waals surface area (Å²) >= 11 is 11.9. The molecule has 0 spiro atoms. The van der Waals surface area contributed by atoms with Crippen LogP contribution in [0.1, 0.15) is 11.1 Å². The lowest BCUT2D eigenvalue weighted by molar-refractivity contribution is 1.14. The van der Waals surface area contributed by atoms with Crippen LogP contribution in [0.4, 0.5) is 5.69 Å². The molecular formula is C14H12Br2N2S. The third-order valence-electron chi connectivity index (χ3n) is 2.64. The molecule has 0 heterocycles. The van der Waals surface area contributed by atoms with Crippen LogP contribution in [0.5, 0.6) is 0 Å². The van der Waals surface area contributed by atoms with Crippen LogP contribution in [0.2, 0.25) is 0 Å². The summed E-state index contributed by atoms with van der Waals surface area (Å²) in [6.45, 7) is 0.722. The highest BCUT2D eigenvalue weighted by molar-refractivity contribution is 9.10. The second-order valence-corrected chi connectivity index (χ2v) is 6.31. The number of hydrogen-bond donors (Lipinski definition) is 2. The van der Waals surface area contributed by atoms with E-state index >= 15 is 0 Å². The molecule has 5 heteroatoms. The van der Waals surface area contributed by atoms with Gasteiger partial charge in [0.2, 0.25) is 0 Å². The molecule has 3 N–H and O–H groups in total. The molecule has 0 radical (unpaired) electrons. The van der Waals surface area contributed by atoms with E-state index in [0.717, 1.165) is 26.7 Å². The molecule has 0 atom stereocenters. The van der Waals surface area contributed by atoms with Crippen molar-refractivity contribution in [2.45, 2.75) is 6.54 Å². The summed E-state index contributed by atoms with van der Waals surface area (Å²) in [5, 5.41) is 3.36. The van der Waals surface area contributed by atoms with Gasteiger partial charge in [0.25, 0.3) is 0 Å². The van der Waals surface area contributed by atoms with Gasteiger partial charge in [-0.05, 0) is 35.9 Å². The highest BCUT2D eigenvalue weighted by atomic mass is 79.9. The Morgan fingerprint density at radius 1 is 1.05 bits per heavy atom. The maximum atomic E-state index is 5.72. The van der Waals surface area contributed by atoms with Gasteiger partial charge < -0.3 is 11.1 Å². The third-order valence-corrected chi connectivity index (χ3v) is 3.89. The smallest absolute Gasteiger partial charge is 0.106 e. The van der Waals surface area contributed by atoms with Crippen LogP contribution in [-0.4, -0.2) is 4.99 Å². The largest absolute Gasteiger partial charge is 0.389 e. The minimum atomic E-state index is 0.394. The first-order valence-corrected chi connectivity index (χ1v) is 7.63. The van der Waals surface area contributed by atoms with Crippen molar-refractivity contribution >= 4 is 54.8 Å². The maximum absolute atomic E-state index is 5.72. The summed E-state index contributed by atoms with van der Waals surface area (Å²) < 4.78 is 2.06. The zero-order valence-electron chi connectivity index (χ0n) is 9.99. The molecule has 2 aromatic carbocycles. The summed E-state index contributed by atoms with van der Waals surface area (Å²) in [6.07, 6.45) is 0. The van der Waals surface area contributed by atoms with Gasteiger partial charge >= 0.3 is 0 Å². The van der Waals surface area contributed by atoms with Crippen molar-refractivity contribution in [3.05, 3.63) is 62.5 Å². The van der Waals surface area contributed by atoms with Crippen LogP contribution in [-0.2, 0) is 6.54 Å². The van der Waals surface area contributed by atoms with Crippen LogP contribution in [0.15, 0.2) is 51.4 Å².